The van der Waals surface area contributed by atoms with E-state index in [0.29, 0.717) is 0 Å². The lowest BCUT2D eigenvalue weighted by Gasteiger charge is -2.29. The molecular formula is C14H21ClN2. The van der Waals surface area contributed by atoms with Crippen molar-refractivity contribution >= 4 is 17.3 Å². The lowest BCUT2D eigenvalue weighted by atomic mass is 10.1. The summed E-state index contributed by atoms with van der Waals surface area (Å²) in [6.45, 7) is 3.24. The normalized spacial score (nSPS) is 16.6. The fourth-order valence-electron chi connectivity index (χ4n) is 2.41. The van der Waals surface area contributed by atoms with Gasteiger partial charge in [-0.25, -0.2) is 0 Å². The Morgan fingerprint density at radius 1 is 1.18 bits per heavy atom. The molecule has 0 amide bonds. The lowest BCUT2D eigenvalue weighted by molar-refractivity contribution is 0.402. The molecule has 0 saturated carbocycles. The molecule has 0 aliphatic carbocycles. The number of piperidine rings is 1. The molecule has 1 aliphatic heterocycles. The Kier molecular flexibility index (Phi) is 4.30. The SMILES string of the molecule is CN(C)Cc1ccc(N2CCCCC2)c(Cl)c1. The van der Waals surface area contributed by atoms with E-state index in [1.54, 1.807) is 0 Å². The summed E-state index contributed by atoms with van der Waals surface area (Å²) in [7, 11) is 4.15. The quantitative estimate of drug-likeness (QED) is 0.814. The zero-order valence-corrected chi connectivity index (χ0v) is 11.5. The van der Waals surface area contributed by atoms with Crippen LogP contribution < -0.4 is 4.90 Å². The van der Waals surface area contributed by atoms with Crippen LogP contribution in [0.2, 0.25) is 5.02 Å². The Labute approximate surface area is 109 Å². The van der Waals surface area contributed by atoms with Crippen LogP contribution in [0.25, 0.3) is 0 Å². The predicted molar refractivity (Wildman–Crippen MR) is 74.9 cm³/mol. The van der Waals surface area contributed by atoms with Gasteiger partial charge in [-0.3, -0.25) is 0 Å². The van der Waals surface area contributed by atoms with Crippen LogP contribution in [-0.2, 0) is 6.54 Å². The highest BCUT2D eigenvalue weighted by Gasteiger charge is 2.13. The second-order valence-corrected chi connectivity index (χ2v) is 5.48. The maximum absolute atomic E-state index is 6.39. The van der Waals surface area contributed by atoms with Crippen molar-refractivity contribution in [3.63, 3.8) is 0 Å². The smallest absolute Gasteiger partial charge is 0.0642 e. The van der Waals surface area contributed by atoms with Gasteiger partial charge in [-0.2, -0.15) is 0 Å². The molecule has 1 aliphatic rings. The van der Waals surface area contributed by atoms with E-state index in [4.69, 9.17) is 11.6 Å². The summed E-state index contributed by atoms with van der Waals surface area (Å²) < 4.78 is 0. The first-order valence-electron chi connectivity index (χ1n) is 6.35. The van der Waals surface area contributed by atoms with Crippen molar-refractivity contribution in [2.24, 2.45) is 0 Å². The zero-order chi connectivity index (χ0) is 12.3. The van der Waals surface area contributed by atoms with E-state index in [2.05, 4.69) is 42.1 Å². The minimum absolute atomic E-state index is 0.895. The highest BCUT2D eigenvalue weighted by Crippen LogP contribution is 2.29. The number of anilines is 1. The monoisotopic (exact) mass is 252 g/mol. The van der Waals surface area contributed by atoms with Crippen LogP contribution >= 0.6 is 11.6 Å². The summed E-state index contributed by atoms with van der Waals surface area (Å²) in [6.07, 6.45) is 3.93. The van der Waals surface area contributed by atoms with Crippen molar-refractivity contribution in [2.75, 3.05) is 32.1 Å². The van der Waals surface area contributed by atoms with E-state index in [1.165, 1.54) is 30.5 Å². The molecule has 0 aromatic heterocycles. The third-order valence-electron chi connectivity index (χ3n) is 3.21. The Morgan fingerprint density at radius 3 is 2.47 bits per heavy atom. The molecule has 1 saturated heterocycles. The van der Waals surface area contributed by atoms with Gasteiger partial charge < -0.3 is 9.80 Å². The highest BCUT2D eigenvalue weighted by molar-refractivity contribution is 6.33. The lowest BCUT2D eigenvalue weighted by Crippen LogP contribution is -2.29. The Balaban J connectivity index is 2.13. The molecule has 0 spiro atoms. The van der Waals surface area contributed by atoms with Crippen LogP contribution in [0.3, 0.4) is 0 Å². The standard InChI is InChI=1S/C14H21ClN2/c1-16(2)11-12-6-7-14(13(15)10-12)17-8-4-3-5-9-17/h6-7,10H,3-5,8-9,11H2,1-2H3. The van der Waals surface area contributed by atoms with Crippen molar-refractivity contribution in [3.05, 3.63) is 28.8 Å². The van der Waals surface area contributed by atoms with Crippen LogP contribution in [0.1, 0.15) is 24.8 Å². The number of rotatable bonds is 3. The number of benzene rings is 1. The highest BCUT2D eigenvalue weighted by atomic mass is 35.5. The zero-order valence-electron chi connectivity index (χ0n) is 10.7. The van der Waals surface area contributed by atoms with E-state index in [-0.39, 0.29) is 0 Å². The first-order valence-corrected chi connectivity index (χ1v) is 6.73. The third kappa shape index (κ3) is 3.36. The molecule has 0 atom stereocenters. The van der Waals surface area contributed by atoms with Crippen LogP contribution in [0.5, 0.6) is 0 Å². The molecule has 94 valence electrons. The van der Waals surface area contributed by atoms with Crippen molar-refractivity contribution in [1.82, 2.24) is 4.90 Å². The fraction of sp³-hybridized carbons (Fsp3) is 0.571. The van der Waals surface area contributed by atoms with Gasteiger partial charge >= 0.3 is 0 Å². The van der Waals surface area contributed by atoms with E-state index in [0.717, 1.165) is 24.7 Å². The molecule has 0 unspecified atom stereocenters. The number of nitrogens with zero attached hydrogens (tertiary/aromatic N) is 2. The fourth-order valence-corrected chi connectivity index (χ4v) is 2.73. The molecular weight excluding hydrogens is 232 g/mol. The number of hydrogen-bond donors (Lipinski definition) is 0. The molecule has 1 heterocycles. The van der Waals surface area contributed by atoms with Gasteiger partial charge in [0.2, 0.25) is 0 Å². The van der Waals surface area contributed by atoms with Crippen LogP contribution in [-0.4, -0.2) is 32.1 Å². The van der Waals surface area contributed by atoms with Crippen molar-refractivity contribution in [1.29, 1.82) is 0 Å². The summed E-state index contributed by atoms with van der Waals surface area (Å²) in [4.78, 5) is 4.57. The summed E-state index contributed by atoms with van der Waals surface area (Å²) in [5, 5.41) is 0.895. The molecule has 3 heteroatoms. The molecule has 0 N–H and O–H groups in total. The number of halogens is 1. The Bertz CT molecular complexity index is 370. The topological polar surface area (TPSA) is 6.48 Å². The van der Waals surface area contributed by atoms with E-state index in [1.807, 2.05) is 0 Å². The first-order chi connectivity index (χ1) is 8.16. The summed E-state index contributed by atoms with van der Waals surface area (Å²) >= 11 is 6.39. The molecule has 17 heavy (non-hydrogen) atoms. The number of hydrogen-bond acceptors (Lipinski definition) is 2. The maximum Gasteiger partial charge on any atom is 0.0642 e. The third-order valence-corrected chi connectivity index (χ3v) is 3.51. The van der Waals surface area contributed by atoms with Crippen LogP contribution in [0.15, 0.2) is 18.2 Å². The minimum atomic E-state index is 0.895. The van der Waals surface area contributed by atoms with Gasteiger partial charge in [-0.15, -0.1) is 0 Å². The molecule has 0 bridgehead atoms. The van der Waals surface area contributed by atoms with Crippen molar-refractivity contribution < 1.29 is 0 Å². The average Bonchev–Trinajstić information content (AvgIpc) is 2.29. The molecule has 1 aromatic carbocycles. The van der Waals surface area contributed by atoms with Gasteiger partial charge in [0.05, 0.1) is 10.7 Å². The predicted octanol–water partition coefficient (Wildman–Crippen LogP) is 3.39. The second kappa shape index (κ2) is 5.74. The van der Waals surface area contributed by atoms with Gasteiger partial charge in [0.1, 0.15) is 0 Å². The molecule has 2 nitrogen and oxygen atoms in total. The van der Waals surface area contributed by atoms with Gasteiger partial charge in [-0.1, -0.05) is 17.7 Å². The van der Waals surface area contributed by atoms with Gasteiger partial charge in [0, 0.05) is 19.6 Å². The molecule has 1 fully saturated rings. The van der Waals surface area contributed by atoms with E-state index < -0.39 is 0 Å². The first kappa shape index (κ1) is 12.7. The Morgan fingerprint density at radius 2 is 1.88 bits per heavy atom. The van der Waals surface area contributed by atoms with Gasteiger partial charge in [-0.05, 0) is 51.1 Å². The molecule has 1 aromatic rings. The van der Waals surface area contributed by atoms with E-state index in [9.17, 15) is 0 Å². The minimum Gasteiger partial charge on any atom is -0.370 e. The molecule has 2 rings (SSSR count). The summed E-state index contributed by atoms with van der Waals surface area (Å²) in [5.74, 6) is 0. The summed E-state index contributed by atoms with van der Waals surface area (Å²) in [6, 6.07) is 6.47. The van der Waals surface area contributed by atoms with Crippen LogP contribution in [0.4, 0.5) is 5.69 Å². The Hall–Kier alpha value is -0.730. The van der Waals surface area contributed by atoms with Crippen molar-refractivity contribution in [3.8, 4) is 0 Å². The maximum atomic E-state index is 6.39. The van der Waals surface area contributed by atoms with Gasteiger partial charge in [0.25, 0.3) is 0 Å². The van der Waals surface area contributed by atoms with Gasteiger partial charge in [0.15, 0.2) is 0 Å². The second-order valence-electron chi connectivity index (χ2n) is 5.07. The largest absolute Gasteiger partial charge is 0.370 e. The van der Waals surface area contributed by atoms with E-state index >= 15 is 0 Å². The molecule has 0 radical (unpaired) electrons. The average molecular weight is 253 g/mol. The summed E-state index contributed by atoms with van der Waals surface area (Å²) in [5.41, 5.74) is 2.48. The van der Waals surface area contributed by atoms with Crippen LogP contribution in [0, 0.1) is 0 Å². The van der Waals surface area contributed by atoms with Crippen molar-refractivity contribution in [2.45, 2.75) is 25.8 Å².